The van der Waals surface area contributed by atoms with Gasteiger partial charge in [0.05, 0.1) is 20.3 Å². The number of ether oxygens (including phenoxy) is 3. The highest BCUT2D eigenvalue weighted by Gasteiger charge is 2.31. The third-order valence-electron chi connectivity index (χ3n) is 5.81. The van der Waals surface area contributed by atoms with Crippen molar-refractivity contribution in [3.05, 3.63) is 53.1 Å². The number of aryl methyl sites for hydroxylation is 1. The number of benzene rings is 2. The van der Waals surface area contributed by atoms with E-state index in [0.29, 0.717) is 6.61 Å². The summed E-state index contributed by atoms with van der Waals surface area (Å²) in [4.78, 5) is 2.25. The van der Waals surface area contributed by atoms with E-state index in [-0.39, 0.29) is 6.04 Å². The Balaban J connectivity index is 1.86. The SMILES string of the molecule is CCCCNC(=S)N1CCc2cc(OC)c(OC)cc2[C@@H]1COc1ccc(CC)cc1. The van der Waals surface area contributed by atoms with Gasteiger partial charge in [-0.2, -0.15) is 0 Å². The molecule has 0 radical (unpaired) electrons. The quantitative estimate of drug-likeness (QED) is 0.439. The Morgan fingerprint density at radius 1 is 1.10 bits per heavy atom. The first-order valence-electron chi connectivity index (χ1n) is 11.1. The highest BCUT2D eigenvalue weighted by atomic mass is 32.1. The van der Waals surface area contributed by atoms with Gasteiger partial charge in [-0.1, -0.05) is 32.4 Å². The summed E-state index contributed by atoms with van der Waals surface area (Å²) >= 11 is 5.77. The fraction of sp³-hybridized carbons (Fsp3) is 0.480. The van der Waals surface area contributed by atoms with Gasteiger partial charge in [-0.15, -0.1) is 0 Å². The largest absolute Gasteiger partial charge is 0.493 e. The summed E-state index contributed by atoms with van der Waals surface area (Å²) in [6, 6.07) is 12.5. The molecule has 0 aliphatic carbocycles. The molecule has 2 aromatic rings. The van der Waals surface area contributed by atoms with E-state index in [2.05, 4.69) is 48.3 Å². The Labute approximate surface area is 191 Å². The van der Waals surface area contributed by atoms with E-state index < -0.39 is 0 Å². The second kappa shape index (κ2) is 11.2. The highest BCUT2D eigenvalue weighted by Crippen LogP contribution is 2.38. The van der Waals surface area contributed by atoms with Crippen molar-refractivity contribution in [3.63, 3.8) is 0 Å². The lowest BCUT2D eigenvalue weighted by molar-refractivity contribution is 0.187. The molecular formula is C25H34N2O3S. The maximum atomic E-state index is 6.24. The van der Waals surface area contributed by atoms with Crippen LogP contribution >= 0.6 is 12.2 Å². The van der Waals surface area contributed by atoms with Gasteiger partial charge in [-0.05, 0) is 72.4 Å². The number of fused-ring (bicyclic) bond motifs is 1. The van der Waals surface area contributed by atoms with Crippen LogP contribution < -0.4 is 19.5 Å². The molecule has 1 heterocycles. The molecule has 0 unspecified atom stereocenters. The lowest BCUT2D eigenvalue weighted by atomic mass is 9.92. The van der Waals surface area contributed by atoms with Gasteiger partial charge in [0.15, 0.2) is 16.6 Å². The van der Waals surface area contributed by atoms with Crippen molar-refractivity contribution < 1.29 is 14.2 Å². The van der Waals surface area contributed by atoms with Gasteiger partial charge < -0.3 is 24.4 Å². The average molecular weight is 443 g/mol. The zero-order valence-corrected chi connectivity index (χ0v) is 19.9. The van der Waals surface area contributed by atoms with Crippen LogP contribution in [0.3, 0.4) is 0 Å². The maximum absolute atomic E-state index is 6.24. The van der Waals surface area contributed by atoms with E-state index in [0.717, 1.165) is 61.1 Å². The number of hydrogen-bond acceptors (Lipinski definition) is 4. The van der Waals surface area contributed by atoms with E-state index in [1.54, 1.807) is 14.2 Å². The van der Waals surface area contributed by atoms with Gasteiger partial charge >= 0.3 is 0 Å². The molecule has 1 atom stereocenters. The van der Waals surface area contributed by atoms with Crippen LogP contribution in [0.1, 0.15) is 49.4 Å². The Morgan fingerprint density at radius 2 is 1.81 bits per heavy atom. The van der Waals surface area contributed by atoms with Crippen molar-refractivity contribution in [3.8, 4) is 17.2 Å². The second-order valence-corrected chi connectivity index (χ2v) is 8.15. The lowest BCUT2D eigenvalue weighted by Crippen LogP contribution is -2.47. The van der Waals surface area contributed by atoms with E-state index in [4.69, 9.17) is 26.4 Å². The Bertz CT molecular complexity index is 870. The summed E-state index contributed by atoms with van der Waals surface area (Å²) in [5.41, 5.74) is 3.73. The maximum Gasteiger partial charge on any atom is 0.169 e. The topological polar surface area (TPSA) is 43.0 Å². The summed E-state index contributed by atoms with van der Waals surface area (Å²) in [6.45, 7) is 6.56. The summed E-state index contributed by atoms with van der Waals surface area (Å²) in [5, 5.41) is 4.21. The van der Waals surface area contributed by atoms with E-state index in [9.17, 15) is 0 Å². The summed E-state index contributed by atoms with van der Waals surface area (Å²) in [7, 11) is 3.34. The normalized spacial score (nSPS) is 15.2. The summed E-state index contributed by atoms with van der Waals surface area (Å²) < 4.78 is 17.3. The zero-order chi connectivity index (χ0) is 22.2. The molecule has 1 aliphatic heterocycles. The number of nitrogens with zero attached hydrogens (tertiary/aromatic N) is 1. The van der Waals surface area contributed by atoms with Gasteiger partial charge in [-0.3, -0.25) is 0 Å². The fourth-order valence-electron chi connectivity index (χ4n) is 3.92. The first-order valence-corrected chi connectivity index (χ1v) is 11.5. The minimum atomic E-state index is -0.00367. The molecule has 2 aromatic carbocycles. The van der Waals surface area contributed by atoms with Crippen LogP contribution in [-0.2, 0) is 12.8 Å². The van der Waals surface area contributed by atoms with Crippen LogP contribution in [0.15, 0.2) is 36.4 Å². The molecule has 6 heteroatoms. The van der Waals surface area contributed by atoms with Crippen LogP contribution in [-0.4, -0.2) is 43.9 Å². The smallest absolute Gasteiger partial charge is 0.169 e. The third kappa shape index (κ3) is 5.62. The lowest BCUT2D eigenvalue weighted by Gasteiger charge is -2.39. The van der Waals surface area contributed by atoms with E-state index in [1.807, 2.05) is 12.1 Å². The predicted octanol–water partition coefficient (Wildman–Crippen LogP) is 4.92. The first kappa shape index (κ1) is 23.2. The molecule has 0 amide bonds. The molecule has 0 spiro atoms. The Kier molecular flexibility index (Phi) is 8.41. The van der Waals surface area contributed by atoms with Crippen LogP contribution in [0.25, 0.3) is 0 Å². The molecule has 1 N–H and O–H groups in total. The molecule has 168 valence electrons. The molecular weight excluding hydrogens is 408 g/mol. The number of hydrogen-bond donors (Lipinski definition) is 1. The number of rotatable bonds is 9. The monoisotopic (exact) mass is 442 g/mol. The number of unbranched alkanes of at least 4 members (excludes halogenated alkanes) is 1. The van der Waals surface area contributed by atoms with Crippen molar-refractivity contribution in [1.82, 2.24) is 10.2 Å². The predicted molar refractivity (Wildman–Crippen MR) is 130 cm³/mol. The number of nitrogens with one attached hydrogen (secondary N) is 1. The first-order chi connectivity index (χ1) is 15.1. The molecule has 1 aliphatic rings. The molecule has 31 heavy (non-hydrogen) atoms. The van der Waals surface area contributed by atoms with E-state index >= 15 is 0 Å². The van der Waals surface area contributed by atoms with Gasteiger partial charge in [0.1, 0.15) is 12.4 Å². The Morgan fingerprint density at radius 3 is 2.45 bits per heavy atom. The molecule has 0 saturated carbocycles. The van der Waals surface area contributed by atoms with Gasteiger partial charge in [0, 0.05) is 13.1 Å². The molecule has 0 saturated heterocycles. The van der Waals surface area contributed by atoms with Crippen LogP contribution in [0.5, 0.6) is 17.2 Å². The van der Waals surface area contributed by atoms with Crippen molar-refractivity contribution in [2.75, 3.05) is 33.9 Å². The minimum absolute atomic E-state index is 0.00367. The van der Waals surface area contributed by atoms with Crippen molar-refractivity contribution in [2.45, 2.75) is 45.6 Å². The third-order valence-corrected chi connectivity index (χ3v) is 6.19. The summed E-state index contributed by atoms with van der Waals surface area (Å²) in [6.07, 6.45) is 4.15. The van der Waals surface area contributed by atoms with Gasteiger partial charge in [-0.25, -0.2) is 0 Å². The van der Waals surface area contributed by atoms with Crippen molar-refractivity contribution in [2.24, 2.45) is 0 Å². The van der Waals surface area contributed by atoms with Crippen LogP contribution in [0.4, 0.5) is 0 Å². The molecule has 0 aromatic heterocycles. The molecule has 3 rings (SSSR count). The molecule has 0 fully saturated rings. The Hall–Kier alpha value is -2.47. The number of methoxy groups -OCH3 is 2. The highest BCUT2D eigenvalue weighted by molar-refractivity contribution is 7.80. The van der Waals surface area contributed by atoms with Crippen molar-refractivity contribution >= 4 is 17.3 Å². The van der Waals surface area contributed by atoms with Crippen LogP contribution in [0, 0.1) is 0 Å². The number of thiocarbonyl (C=S) groups is 1. The fourth-order valence-corrected chi connectivity index (χ4v) is 4.24. The average Bonchev–Trinajstić information content (AvgIpc) is 2.81. The zero-order valence-electron chi connectivity index (χ0n) is 19.1. The van der Waals surface area contributed by atoms with Crippen LogP contribution in [0.2, 0.25) is 0 Å². The second-order valence-electron chi connectivity index (χ2n) is 7.76. The van der Waals surface area contributed by atoms with E-state index in [1.165, 1.54) is 16.7 Å². The van der Waals surface area contributed by atoms with Gasteiger partial charge in [0.2, 0.25) is 0 Å². The standard InChI is InChI=1S/C25H34N2O3S/c1-5-7-13-26-25(31)27-14-12-19-15-23(28-3)24(29-4)16-21(19)22(27)17-30-20-10-8-18(6-2)9-11-20/h8-11,15-16,22H,5-7,12-14,17H2,1-4H3,(H,26,31)/t22-/m0/s1. The van der Waals surface area contributed by atoms with Crippen molar-refractivity contribution in [1.29, 1.82) is 0 Å². The molecule has 0 bridgehead atoms. The van der Waals surface area contributed by atoms with Gasteiger partial charge in [0.25, 0.3) is 0 Å². The summed E-state index contributed by atoms with van der Waals surface area (Å²) in [5.74, 6) is 2.35. The minimum Gasteiger partial charge on any atom is -0.493 e. The molecule has 5 nitrogen and oxygen atoms in total.